The third-order valence-electron chi connectivity index (χ3n) is 3.49. The molecule has 0 heterocycles. The summed E-state index contributed by atoms with van der Waals surface area (Å²) >= 11 is 0. The van der Waals surface area contributed by atoms with Gasteiger partial charge in [-0.05, 0) is 30.9 Å². The third-order valence-corrected chi connectivity index (χ3v) is 3.49. The van der Waals surface area contributed by atoms with Crippen molar-refractivity contribution >= 4 is 0 Å². The first-order chi connectivity index (χ1) is 8.08. The summed E-state index contributed by atoms with van der Waals surface area (Å²) in [7, 11) is 0. The number of hydrogen-bond donors (Lipinski definition) is 0. The summed E-state index contributed by atoms with van der Waals surface area (Å²) in [5.74, 6) is 0.175. The highest BCUT2D eigenvalue weighted by atomic mass is 19.3. The summed E-state index contributed by atoms with van der Waals surface area (Å²) in [6.07, 6.45) is -0.180. The normalized spacial score (nSPS) is 25.6. The maximum Gasteiger partial charge on any atom is 0.400 e. The summed E-state index contributed by atoms with van der Waals surface area (Å²) in [6.45, 7) is 2.12. The van der Waals surface area contributed by atoms with E-state index in [9.17, 15) is 8.78 Å². The zero-order valence-corrected chi connectivity index (χ0v) is 10.0. The van der Waals surface area contributed by atoms with Gasteiger partial charge in [0.2, 0.25) is 0 Å². The van der Waals surface area contributed by atoms with Gasteiger partial charge in [-0.3, -0.25) is 0 Å². The summed E-state index contributed by atoms with van der Waals surface area (Å²) < 4.78 is 32.6. The Morgan fingerprint density at radius 1 is 1.06 bits per heavy atom. The molecule has 0 aromatic heterocycles. The molecule has 3 heteroatoms. The predicted octanol–water partition coefficient (Wildman–Crippen LogP) is 4.48. The van der Waals surface area contributed by atoms with E-state index in [-0.39, 0.29) is 5.75 Å². The first-order valence-corrected chi connectivity index (χ1v) is 6.20. The fraction of sp³-hybridized carbons (Fsp3) is 0.571. The highest BCUT2D eigenvalue weighted by molar-refractivity contribution is 5.21. The van der Waals surface area contributed by atoms with E-state index in [2.05, 4.69) is 6.92 Å². The number of hydrogen-bond acceptors (Lipinski definition) is 1. The van der Waals surface area contributed by atoms with Gasteiger partial charge in [-0.2, -0.15) is 8.78 Å². The molecule has 17 heavy (non-hydrogen) atoms. The predicted molar refractivity (Wildman–Crippen MR) is 63.1 cm³/mol. The van der Waals surface area contributed by atoms with Crippen LogP contribution in [0.2, 0.25) is 0 Å². The largest absolute Gasteiger partial charge is 0.432 e. The van der Waals surface area contributed by atoms with Crippen molar-refractivity contribution in [1.29, 1.82) is 0 Å². The van der Waals surface area contributed by atoms with Crippen LogP contribution in [-0.2, 0) is 0 Å². The average Bonchev–Trinajstić information content (AvgIpc) is 2.30. The Morgan fingerprint density at radius 3 is 2.24 bits per heavy atom. The Kier molecular flexibility index (Phi) is 3.65. The van der Waals surface area contributed by atoms with Gasteiger partial charge in [0.1, 0.15) is 5.75 Å². The molecule has 0 N–H and O–H groups in total. The van der Waals surface area contributed by atoms with Crippen molar-refractivity contribution in [2.24, 2.45) is 11.8 Å². The van der Waals surface area contributed by atoms with Crippen LogP contribution in [0.5, 0.6) is 5.75 Å². The molecule has 1 aliphatic carbocycles. The van der Waals surface area contributed by atoms with Gasteiger partial charge in [-0.1, -0.05) is 38.0 Å². The zero-order chi connectivity index (χ0) is 12.3. The van der Waals surface area contributed by atoms with Gasteiger partial charge in [0, 0.05) is 0 Å². The fourth-order valence-corrected chi connectivity index (χ4v) is 2.33. The van der Waals surface area contributed by atoms with Gasteiger partial charge in [-0.15, -0.1) is 0 Å². The topological polar surface area (TPSA) is 9.23 Å². The van der Waals surface area contributed by atoms with Gasteiger partial charge in [0.25, 0.3) is 0 Å². The molecular weight excluding hydrogens is 222 g/mol. The third kappa shape index (κ3) is 3.18. The maximum absolute atomic E-state index is 13.9. The van der Waals surface area contributed by atoms with Crippen LogP contribution in [0.1, 0.15) is 32.6 Å². The minimum atomic E-state index is -3.04. The minimum Gasteiger partial charge on any atom is -0.432 e. The van der Waals surface area contributed by atoms with Crippen molar-refractivity contribution in [3.63, 3.8) is 0 Å². The Hall–Kier alpha value is -1.12. The van der Waals surface area contributed by atoms with E-state index in [1.165, 1.54) is 0 Å². The Morgan fingerprint density at radius 2 is 1.65 bits per heavy atom. The van der Waals surface area contributed by atoms with Crippen molar-refractivity contribution < 1.29 is 13.5 Å². The summed E-state index contributed by atoms with van der Waals surface area (Å²) in [6, 6.07) is 8.33. The highest BCUT2D eigenvalue weighted by Gasteiger charge is 2.43. The lowest BCUT2D eigenvalue weighted by Crippen LogP contribution is -2.36. The van der Waals surface area contributed by atoms with E-state index in [4.69, 9.17) is 4.74 Å². The number of rotatable bonds is 3. The minimum absolute atomic E-state index is 0.246. The number of halogens is 2. The van der Waals surface area contributed by atoms with Crippen LogP contribution in [0.25, 0.3) is 0 Å². The molecule has 1 fully saturated rings. The van der Waals surface area contributed by atoms with Gasteiger partial charge in [0.05, 0.1) is 5.92 Å². The Balaban J connectivity index is 1.98. The summed E-state index contributed by atoms with van der Waals surface area (Å²) in [5, 5.41) is 0. The van der Waals surface area contributed by atoms with Crippen molar-refractivity contribution in [3.8, 4) is 5.75 Å². The molecule has 1 aromatic rings. The molecular formula is C14H18F2O. The molecule has 2 rings (SSSR count). The van der Waals surface area contributed by atoms with Gasteiger partial charge < -0.3 is 4.74 Å². The second-order valence-corrected chi connectivity index (χ2v) is 4.93. The first kappa shape index (κ1) is 12.3. The SMILES string of the molecule is CC1CCC(C(F)(F)Oc2ccccc2)CC1. The number of benzene rings is 1. The molecule has 0 atom stereocenters. The standard InChI is InChI=1S/C14H18F2O/c1-11-7-9-12(10-8-11)14(15,16)17-13-5-3-2-4-6-13/h2-6,11-12H,7-10H2,1H3. The van der Waals surface area contributed by atoms with Crippen LogP contribution in [0.15, 0.2) is 30.3 Å². The Bertz CT molecular complexity index is 342. The quantitative estimate of drug-likeness (QED) is 0.756. The van der Waals surface area contributed by atoms with Crippen LogP contribution in [0, 0.1) is 11.8 Å². The zero-order valence-electron chi connectivity index (χ0n) is 10.0. The molecule has 0 spiro atoms. The van der Waals surface area contributed by atoms with Gasteiger partial charge >= 0.3 is 6.11 Å². The molecule has 0 saturated heterocycles. The molecule has 1 nitrogen and oxygen atoms in total. The van der Waals surface area contributed by atoms with Crippen LogP contribution in [-0.4, -0.2) is 6.11 Å². The summed E-state index contributed by atoms with van der Waals surface area (Å²) in [5.41, 5.74) is 0. The molecule has 1 aliphatic rings. The lowest BCUT2D eigenvalue weighted by atomic mass is 9.82. The lowest BCUT2D eigenvalue weighted by Gasteiger charge is -2.32. The van der Waals surface area contributed by atoms with Crippen molar-refractivity contribution in [1.82, 2.24) is 0 Å². The molecule has 0 aliphatic heterocycles. The van der Waals surface area contributed by atoms with E-state index >= 15 is 0 Å². The summed E-state index contributed by atoms with van der Waals surface area (Å²) in [4.78, 5) is 0. The number of alkyl halides is 2. The maximum atomic E-state index is 13.9. The second kappa shape index (κ2) is 5.03. The Labute approximate surface area is 101 Å². The first-order valence-electron chi connectivity index (χ1n) is 6.20. The second-order valence-electron chi connectivity index (χ2n) is 4.93. The van der Waals surface area contributed by atoms with Crippen molar-refractivity contribution in [2.75, 3.05) is 0 Å². The monoisotopic (exact) mass is 240 g/mol. The van der Waals surface area contributed by atoms with E-state index in [1.807, 2.05) is 0 Å². The number of para-hydroxylation sites is 1. The van der Waals surface area contributed by atoms with Crippen molar-refractivity contribution in [2.45, 2.75) is 38.7 Å². The molecule has 0 unspecified atom stereocenters. The average molecular weight is 240 g/mol. The van der Waals surface area contributed by atoms with Crippen LogP contribution in [0.4, 0.5) is 8.78 Å². The highest BCUT2D eigenvalue weighted by Crippen LogP contribution is 2.39. The van der Waals surface area contributed by atoms with E-state index in [1.54, 1.807) is 30.3 Å². The molecule has 1 saturated carbocycles. The fourth-order valence-electron chi connectivity index (χ4n) is 2.33. The molecule has 1 aromatic carbocycles. The van der Waals surface area contributed by atoms with Gasteiger partial charge in [0.15, 0.2) is 0 Å². The lowest BCUT2D eigenvalue weighted by molar-refractivity contribution is -0.223. The smallest absolute Gasteiger partial charge is 0.400 e. The van der Waals surface area contributed by atoms with E-state index < -0.39 is 12.0 Å². The number of ether oxygens (including phenoxy) is 1. The van der Waals surface area contributed by atoms with Crippen LogP contribution >= 0.6 is 0 Å². The van der Waals surface area contributed by atoms with E-state index in [0.717, 1.165) is 12.8 Å². The molecule has 94 valence electrons. The van der Waals surface area contributed by atoms with Crippen molar-refractivity contribution in [3.05, 3.63) is 30.3 Å². The van der Waals surface area contributed by atoms with Crippen LogP contribution in [0.3, 0.4) is 0 Å². The van der Waals surface area contributed by atoms with Crippen LogP contribution < -0.4 is 4.74 Å². The molecule has 0 amide bonds. The molecule has 0 radical (unpaired) electrons. The van der Waals surface area contributed by atoms with Gasteiger partial charge in [-0.25, -0.2) is 0 Å². The van der Waals surface area contributed by atoms with E-state index in [0.29, 0.717) is 18.8 Å². The molecule has 0 bridgehead atoms.